The monoisotopic (exact) mass is 369 g/mol. The summed E-state index contributed by atoms with van der Waals surface area (Å²) in [6.07, 6.45) is -0.567. The lowest BCUT2D eigenvalue weighted by Gasteiger charge is -2.28. The average molecular weight is 369 g/mol. The second-order valence-electron chi connectivity index (χ2n) is 5.07. The topological polar surface area (TPSA) is 111 Å². The summed E-state index contributed by atoms with van der Waals surface area (Å²) < 4.78 is 5.09. The molecule has 1 fully saturated rings. The van der Waals surface area contributed by atoms with Crippen molar-refractivity contribution in [3.05, 3.63) is 46.0 Å². The minimum Gasteiger partial charge on any atom is -0.450 e. The zero-order chi connectivity index (χ0) is 18.2. The number of nitrogens with one attached hydrogen (secondary N) is 1. The molecule has 1 aliphatic heterocycles. The highest BCUT2D eigenvalue weighted by molar-refractivity contribution is 7.99. The number of hydrogen-bond acceptors (Lipinski definition) is 7. The Labute approximate surface area is 148 Å². The first-order valence-corrected chi connectivity index (χ1v) is 8.76. The van der Waals surface area contributed by atoms with Crippen molar-refractivity contribution in [1.82, 2.24) is 10.2 Å². The highest BCUT2D eigenvalue weighted by Gasteiger charge is 2.43. The number of benzene rings is 1. The van der Waals surface area contributed by atoms with Gasteiger partial charge in [0.15, 0.2) is 0 Å². The molecule has 0 bridgehead atoms. The number of nitrogens with zero attached hydrogens (tertiary/aromatic N) is 2. The van der Waals surface area contributed by atoms with Crippen molar-refractivity contribution in [1.29, 1.82) is 0 Å². The Hall–Kier alpha value is -2.49. The smallest absolute Gasteiger partial charge is 0.411 e. The summed E-state index contributed by atoms with van der Waals surface area (Å²) in [5.74, 6) is 0.00579. The van der Waals surface area contributed by atoms with Gasteiger partial charge in [0.1, 0.15) is 18.0 Å². The van der Waals surface area contributed by atoms with Crippen molar-refractivity contribution in [3.8, 4) is 0 Å². The highest BCUT2D eigenvalue weighted by atomic mass is 32.2. The van der Waals surface area contributed by atoms with Gasteiger partial charge in [0.2, 0.25) is 5.91 Å². The molecule has 0 unspecified atom stereocenters. The van der Waals surface area contributed by atoms with E-state index in [0.29, 0.717) is 5.75 Å². The molecular weight excluding hydrogens is 350 g/mol. The zero-order valence-corrected chi connectivity index (χ0v) is 14.4. The first-order chi connectivity index (χ1) is 12.0. The van der Waals surface area contributed by atoms with E-state index < -0.39 is 23.1 Å². The van der Waals surface area contributed by atoms with Gasteiger partial charge in [-0.05, 0) is 12.5 Å². The normalized spacial score (nSPS) is 19.3. The molecule has 2 amide bonds. The standard InChI is InChI=1S/C15H19N3O6S/c1-2-23-15(20)17-12(13(19)16-8-9-24-18(21)22)10-25-14(17)11-6-4-3-5-7-11/h3-7,12,14H,2,8-10H2,1H3,(H,16,19)/t12-,14-/m0/s1. The maximum atomic E-state index is 12.4. The minimum atomic E-state index is -0.923. The van der Waals surface area contributed by atoms with Gasteiger partial charge in [-0.15, -0.1) is 21.9 Å². The van der Waals surface area contributed by atoms with Gasteiger partial charge in [-0.25, -0.2) is 4.79 Å². The second-order valence-corrected chi connectivity index (χ2v) is 6.18. The van der Waals surface area contributed by atoms with Crippen LogP contribution in [0.25, 0.3) is 0 Å². The van der Waals surface area contributed by atoms with Crippen LogP contribution >= 0.6 is 11.8 Å². The minimum absolute atomic E-state index is 0.0202. The van der Waals surface area contributed by atoms with E-state index in [1.807, 2.05) is 30.3 Å². The molecule has 2 rings (SSSR count). The summed E-state index contributed by atoms with van der Waals surface area (Å²) in [7, 11) is 0. The first-order valence-electron chi connectivity index (χ1n) is 7.71. The van der Waals surface area contributed by atoms with E-state index in [9.17, 15) is 19.7 Å². The quantitative estimate of drug-likeness (QED) is 0.441. The molecule has 2 atom stereocenters. The van der Waals surface area contributed by atoms with Crippen molar-refractivity contribution < 1.29 is 24.3 Å². The number of carbonyl (C=O) groups excluding carboxylic acids is 2. The van der Waals surface area contributed by atoms with E-state index in [1.165, 1.54) is 16.7 Å². The molecule has 136 valence electrons. The average Bonchev–Trinajstić information content (AvgIpc) is 3.04. The molecule has 1 saturated heterocycles. The third-order valence-electron chi connectivity index (χ3n) is 3.46. The van der Waals surface area contributed by atoms with Gasteiger partial charge >= 0.3 is 6.09 Å². The van der Waals surface area contributed by atoms with Crippen LogP contribution in [0, 0.1) is 10.1 Å². The lowest BCUT2D eigenvalue weighted by atomic mass is 10.2. The predicted molar refractivity (Wildman–Crippen MR) is 90.2 cm³/mol. The molecule has 1 N–H and O–H groups in total. The Bertz CT molecular complexity index is 615. The molecule has 0 spiro atoms. The van der Waals surface area contributed by atoms with E-state index in [4.69, 9.17) is 4.74 Å². The van der Waals surface area contributed by atoms with Crippen molar-refractivity contribution in [2.75, 3.05) is 25.5 Å². The summed E-state index contributed by atoms with van der Waals surface area (Å²) in [5.41, 5.74) is 0.896. The molecule has 1 aromatic carbocycles. The van der Waals surface area contributed by atoms with Gasteiger partial charge in [0.25, 0.3) is 5.09 Å². The first kappa shape index (κ1) is 18.8. The van der Waals surface area contributed by atoms with Gasteiger partial charge in [-0.2, -0.15) is 0 Å². The van der Waals surface area contributed by atoms with Gasteiger partial charge in [0.05, 0.1) is 6.61 Å². The predicted octanol–water partition coefficient (Wildman–Crippen LogP) is 1.58. The molecule has 25 heavy (non-hydrogen) atoms. The molecule has 0 radical (unpaired) electrons. The van der Waals surface area contributed by atoms with Crippen LogP contribution in [0.15, 0.2) is 30.3 Å². The molecule has 1 heterocycles. The summed E-state index contributed by atoms with van der Waals surface area (Å²) >= 11 is 1.46. The highest BCUT2D eigenvalue weighted by Crippen LogP contribution is 2.41. The number of carbonyl (C=O) groups is 2. The lowest BCUT2D eigenvalue weighted by molar-refractivity contribution is -0.757. The van der Waals surface area contributed by atoms with Crippen LogP contribution < -0.4 is 5.32 Å². The fraction of sp³-hybridized carbons (Fsp3) is 0.467. The number of hydrogen-bond donors (Lipinski definition) is 1. The summed E-state index contributed by atoms with van der Waals surface area (Å²) in [6.45, 7) is 1.63. The van der Waals surface area contributed by atoms with E-state index in [0.717, 1.165) is 5.56 Å². The van der Waals surface area contributed by atoms with Gasteiger partial charge in [0, 0.05) is 12.3 Å². The Morgan fingerprint density at radius 1 is 1.40 bits per heavy atom. The van der Waals surface area contributed by atoms with E-state index in [1.54, 1.807) is 6.92 Å². The van der Waals surface area contributed by atoms with Crippen LogP contribution in [-0.4, -0.2) is 53.5 Å². The maximum absolute atomic E-state index is 12.4. The Morgan fingerprint density at radius 2 is 2.12 bits per heavy atom. The summed E-state index contributed by atoms with van der Waals surface area (Å²) in [4.78, 5) is 40.4. The third kappa shape index (κ3) is 4.99. The maximum Gasteiger partial charge on any atom is 0.411 e. The van der Waals surface area contributed by atoms with Crippen LogP contribution in [0.1, 0.15) is 17.9 Å². The molecular formula is C15H19N3O6S. The van der Waals surface area contributed by atoms with Crippen LogP contribution in [0.5, 0.6) is 0 Å². The lowest BCUT2D eigenvalue weighted by Crippen LogP contribution is -2.48. The third-order valence-corrected chi connectivity index (χ3v) is 4.79. The molecule has 1 aromatic rings. The van der Waals surface area contributed by atoms with E-state index >= 15 is 0 Å². The Kier molecular flexibility index (Phi) is 6.87. The zero-order valence-electron chi connectivity index (χ0n) is 13.6. The number of ether oxygens (including phenoxy) is 1. The largest absolute Gasteiger partial charge is 0.450 e. The van der Waals surface area contributed by atoms with Crippen molar-refractivity contribution in [2.45, 2.75) is 18.3 Å². The van der Waals surface area contributed by atoms with Crippen LogP contribution in [0.2, 0.25) is 0 Å². The molecule has 0 saturated carbocycles. The Balaban J connectivity index is 2.07. The Morgan fingerprint density at radius 3 is 2.76 bits per heavy atom. The van der Waals surface area contributed by atoms with E-state index in [2.05, 4.69) is 10.2 Å². The van der Waals surface area contributed by atoms with Gasteiger partial charge in [-0.1, -0.05) is 30.3 Å². The summed E-state index contributed by atoms with van der Waals surface area (Å²) in [5, 5.41) is 11.4. The van der Waals surface area contributed by atoms with Crippen LogP contribution in [-0.2, 0) is 14.4 Å². The number of rotatable bonds is 7. The molecule has 1 aliphatic rings. The molecule has 9 nitrogen and oxygen atoms in total. The van der Waals surface area contributed by atoms with Crippen molar-refractivity contribution >= 4 is 23.8 Å². The molecule has 10 heteroatoms. The van der Waals surface area contributed by atoms with Crippen LogP contribution in [0.4, 0.5) is 4.79 Å². The van der Waals surface area contributed by atoms with Gasteiger partial charge < -0.3 is 14.9 Å². The fourth-order valence-corrected chi connectivity index (χ4v) is 3.84. The number of thioether (sulfide) groups is 1. The molecule has 0 aliphatic carbocycles. The van der Waals surface area contributed by atoms with Gasteiger partial charge in [-0.3, -0.25) is 9.69 Å². The molecule has 0 aromatic heterocycles. The second kappa shape index (κ2) is 9.11. The van der Waals surface area contributed by atoms with E-state index in [-0.39, 0.29) is 25.1 Å². The van der Waals surface area contributed by atoms with Crippen molar-refractivity contribution in [3.63, 3.8) is 0 Å². The number of amides is 2. The van der Waals surface area contributed by atoms with Crippen LogP contribution in [0.3, 0.4) is 0 Å². The van der Waals surface area contributed by atoms with Crippen molar-refractivity contribution in [2.24, 2.45) is 0 Å². The SMILES string of the molecule is CCOC(=O)N1[C@H](C(=O)NCCO[N+](=O)[O-])CS[C@H]1c1ccccc1. The fourth-order valence-electron chi connectivity index (χ4n) is 2.42. The summed E-state index contributed by atoms with van der Waals surface area (Å²) in [6, 6.07) is 8.65.